The molecule has 0 aliphatic heterocycles. The summed E-state index contributed by atoms with van der Waals surface area (Å²) in [7, 11) is 0. The number of para-hydroxylation sites is 1. The maximum absolute atomic E-state index is 12.0. The molecular weight excluding hydrogens is 252 g/mol. The van der Waals surface area contributed by atoms with Crippen LogP contribution < -0.4 is 10.1 Å². The van der Waals surface area contributed by atoms with Gasteiger partial charge in [0.15, 0.2) is 6.23 Å². The Bertz CT molecular complexity index is 576. The van der Waals surface area contributed by atoms with Crippen LogP contribution >= 0.6 is 0 Å². The van der Waals surface area contributed by atoms with Crippen molar-refractivity contribution in [2.45, 2.75) is 27.0 Å². The number of hydrogen-bond donors (Lipinski definition) is 1. The van der Waals surface area contributed by atoms with Crippen LogP contribution in [-0.2, 0) is 0 Å². The van der Waals surface area contributed by atoms with Gasteiger partial charge in [-0.3, -0.25) is 9.78 Å². The van der Waals surface area contributed by atoms with Gasteiger partial charge in [-0.2, -0.15) is 0 Å². The van der Waals surface area contributed by atoms with E-state index in [-0.39, 0.29) is 5.91 Å². The van der Waals surface area contributed by atoms with Crippen LogP contribution in [0.25, 0.3) is 0 Å². The normalized spacial score (nSPS) is 11.8. The zero-order valence-corrected chi connectivity index (χ0v) is 11.9. The third kappa shape index (κ3) is 3.35. The number of ether oxygens (including phenoxy) is 1. The molecule has 1 atom stereocenters. The highest BCUT2D eigenvalue weighted by Gasteiger charge is 2.12. The monoisotopic (exact) mass is 270 g/mol. The number of nitrogens with zero attached hydrogens (tertiary/aromatic N) is 1. The van der Waals surface area contributed by atoms with E-state index in [4.69, 9.17) is 4.74 Å². The minimum Gasteiger partial charge on any atom is -0.470 e. The van der Waals surface area contributed by atoms with E-state index in [0.717, 1.165) is 16.9 Å². The number of rotatable bonds is 4. The van der Waals surface area contributed by atoms with E-state index in [1.807, 2.05) is 32.0 Å². The van der Waals surface area contributed by atoms with Crippen LogP contribution in [0.4, 0.5) is 0 Å². The minimum absolute atomic E-state index is 0.197. The molecule has 1 heterocycles. The Labute approximate surface area is 118 Å². The summed E-state index contributed by atoms with van der Waals surface area (Å²) in [5, 5.41) is 2.80. The fraction of sp³-hybridized carbons (Fsp3) is 0.250. The smallest absolute Gasteiger partial charge is 0.255 e. The average Bonchev–Trinajstić information content (AvgIpc) is 2.44. The first-order chi connectivity index (χ1) is 9.58. The standard InChI is InChI=1S/C16H18N2O2/c1-11-6-4-7-12(2)15(11)20-13(3)18-16(19)14-8-5-9-17-10-14/h4-10,13H,1-3H3,(H,18,19). The van der Waals surface area contributed by atoms with Gasteiger partial charge < -0.3 is 10.1 Å². The number of aromatic nitrogens is 1. The molecule has 1 aromatic heterocycles. The van der Waals surface area contributed by atoms with Crippen molar-refractivity contribution in [1.29, 1.82) is 0 Å². The molecular formula is C16H18N2O2. The van der Waals surface area contributed by atoms with Crippen molar-refractivity contribution in [2.24, 2.45) is 0 Å². The molecule has 1 aromatic carbocycles. The number of nitrogens with one attached hydrogen (secondary N) is 1. The van der Waals surface area contributed by atoms with E-state index in [0.29, 0.717) is 5.56 Å². The van der Waals surface area contributed by atoms with Crippen LogP contribution in [0.3, 0.4) is 0 Å². The fourth-order valence-electron chi connectivity index (χ4n) is 1.96. The van der Waals surface area contributed by atoms with Gasteiger partial charge in [0, 0.05) is 12.4 Å². The molecule has 1 N–H and O–H groups in total. The molecule has 0 aliphatic rings. The second-order valence-electron chi connectivity index (χ2n) is 4.70. The lowest BCUT2D eigenvalue weighted by atomic mass is 10.1. The number of aryl methyl sites for hydroxylation is 2. The van der Waals surface area contributed by atoms with E-state index >= 15 is 0 Å². The van der Waals surface area contributed by atoms with E-state index in [1.165, 1.54) is 6.20 Å². The van der Waals surface area contributed by atoms with Crippen molar-refractivity contribution >= 4 is 5.91 Å². The molecule has 4 heteroatoms. The minimum atomic E-state index is -0.414. The molecule has 0 saturated carbocycles. The number of benzene rings is 1. The molecule has 1 unspecified atom stereocenters. The van der Waals surface area contributed by atoms with Gasteiger partial charge >= 0.3 is 0 Å². The summed E-state index contributed by atoms with van der Waals surface area (Å²) in [6, 6.07) is 9.40. The molecule has 0 saturated heterocycles. The number of hydrogen-bond acceptors (Lipinski definition) is 3. The molecule has 0 spiro atoms. The zero-order chi connectivity index (χ0) is 14.5. The zero-order valence-electron chi connectivity index (χ0n) is 11.9. The summed E-state index contributed by atoms with van der Waals surface area (Å²) in [5.74, 6) is 0.614. The molecule has 0 aliphatic carbocycles. The number of pyridine rings is 1. The molecule has 2 aromatic rings. The fourth-order valence-corrected chi connectivity index (χ4v) is 1.96. The molecule has 20 heavy (non-hydrogen) atoms. The second-order valence-corrected chi connectivity index (χ2v) is 4.70. The van der Waals surface area contributed by atoms with E-state index in [9.17, 15) is 4.79 Å². The maximum atomic E-state index is 12.0. The predicted octanol–water partition coefficient (Wildman–Crippen LogP) is 2.85. The first kappa shape index (κ1) is 14.1. The lowest BCUT2D eigenvalue weighted by Gasteiger charge is -2.19. The highest BCUT2D eigenvalue weighted by molar-refractivity contribution is 5.93. The van der Waals surface area contributed by atoms with Crippen LogP contribution in [-0.4, -0.2) is 17.1 Å². The number of carbonyl (C=O) groups is 1. The lowest BCUT2D eigenvalue weighted by Crippen LogP contribution is -2.37. The molecule has 0 bridgehead atoms. The van der Waals surface area contributed by atoms with Gasteiger partial charge in [0.25, 0.3) is 5.91 Å². The average molecular weight is 270 g/mol. The molecule has 2 rings (SSSR count). The summed E-state index contributed by atoms with van der Waals surface area (Å²) in [4.78, 5) is 15.9. The van der Waals surface area contributed by atoms with Crippen molar-refractivity contribution in [2.75, 3.05) is 0 Å². The van der Waals surface area contributed by atoms with Crippen molar-refractivity contribution in [3.05, 3.63) is 59.4 Å². The highest BCUT2D eigenvalue weighted by atomic mass is 16.5. The second kappa shape index (κ2) is 6.19. The van der Waals surface area contributed by atoms with Gasteiger partial charge in [0.05, 0.1) is 5.56 Å². The number of carbonyl (C=O) groups excluding carboxylic acids is 1. The molecule has 0 radical (unpaired) electrons. The quantitative estimate of drug-likeness (QED) is 0.869. The van der Waals surface area contributed by atoms with Gasteiger partial charge in [0.2, 0.25) is 0 Å². The summed E-state index contributed by atoms with van der Waals surface area (Å²) in [5.41, 5.74) is 2.62. The SMILES string of the molecule is Cc1cccc(C)c1OC(C)NC(=O)c1cccnc1. The Morgan fingerprint density at radius 3 is 2.50 bits per heavy atom. The lowest BCUT2D eigenvalue weighted by molar-refractivity contribution is 0.0849. The summed E-state index contributed by atoms with van der Waals surface area (Å²) in [6.45, 7) is 5.77. The summed E-state index contributed by atoms with van der Waals surface area (Å²) >= 11 is 0. The van der Waals surface area contributed by atoms with Gasteiger partial charge in [-0.05, 0) is 44.0 Å². The van der Waals surface area contributed by atoms with Crippen LogP contribution in [0.5, 0.6) is 5.75 Å². The van der Waals surface area contributed by atoms with Crippen LogP contribution in [0.2, 0.25) is 0 Å². The Kier molecular flexibility index (Phi) is 4.35. The van der Waals surface area contributed by atoms with Crippen molar-refractivity contribution in [3.63, 3.8) is 0 Å². The van der Waals surface area contributed by atoms with E-state index in [2.05, 4.69) is 10.3 Å². The van der Waals surface area contributed by atoms with Crippen LogP contribution in [0, 0.1) is 13.8 Å². The van der Waals surface area contributed by atoms with Gasteiger partial charge in [-0.15, -0.1) is 0 Å². The Morgan fingerprint density at radius 2 is 1.90 bits per heavy atom. The first-order valence-electron chi connectivity index (χ1n) is 6.51. The third-order valence-corrected chi connectivity index (χ3v) is 2.96. The van der Waals surface area contributed by atoms with Crippen molar-refractivity contribution in [3.8, 4) is 5.75 Å². The molecule has 104 valence electrons. The predicted molar refractivity (Wildman–Crippen MR) is 77.7 cm³/mol. The largest absolute Gasteiger partial charge is 0.470 e. The van der Waals surface area contributed by atoms with E-state index in [1.54, 1.807) is 25.3 Å². The van der Waals surface area contributed by atoms with Crippen LogP contribution in [0.1, 0.15) is 28.4 Å². The Balaban J connectivity index is 2.03. The molecule has 1 amide bonds. The first-order valence-corrected chi connectivity index (χ1v) is 6.51. The molecule has 0 fully saturated rings. The molecule has 4 nitrogen and oxygen atoms in total. The van der Waals surface area contributed by atoms with Crippen molar-refractivity contribution in [1.82, 2.24) is 10.3 Å². The van der Waals surface area contributed by atoms with E-state index < -0.39 is 6.23 Å². The van der Waals surface area contributed by atoms with Gasteiger partial charge in [0.1, 0.15) is 5.75 Å². The maximum Gasteiger partial charge on any atom is 0.255 e. The summed E-state index contributed by atoms with van der Waals surface area (Å²) in [6.07, 6.45) is 2.75. The highest BCUT2D eigenvalue weighted by Crippen LogP contribution is 2.23. The van der Waals surface area contributed by atoms with Gasteiger partial charge in [-0.1, -0.05) is 18.2 Å². The Hall–Kier alpha value is -2.36. The van der Waals surface area contributed by atoms with Crippen molar-refractivity contribution < 1.29 is 9.53 Å². The number of amides is 1. The third-order valence-electron chi connectivity index (χ3n) is 2.96. The van der Waals surface area contributed by atoms with Crippen LogP contribution in [0.15, 0.2) is 42.7 Å². The van der Waals surface area contributed by atoms with Gasteiger partial charge in [-0.25, -0.2) is 0 Å². The Morgan fingerprint density at radius 1 is 1.20 bits per heavy atom. The topological polar surface area (TPSA) is 51.2 Å². The summed E-state index contributed by atoms with van der Waals surface area (Å²) < 4.78 is 5.82.